The lowest BCUT2D eigenvalue weighted by molar-refractivity contribution is -0.143. The Morgan fingerprint density at radius 3 is 2.58 bits per heavy atom. The van der Waals surface area contributed by atoms with Crippen molar-refractivity contribution < 1.29 is 19.8 Å². The highest BCUT2D eigenvalue weighted by atomic mass is 16.4. The summed E-state index contributed by atoms with van der Waals surface area (Å²) < 4.78 is 0. The molecule has 0 radical (unpaired) electrons. The SMILES string of the molecule is CC1CC(C(=O)O)CN(C(=O)c2ccccc2O)C1. The number of phenolic OH excluding ortho intramolecular Hbond substituents is 1. The number of carboxylic acids is 1. The molecular weight excluding hydrogens is 246 g/mol. The number of aliphatic carboxylic acids is 1. The molecule has 2 N–H and O–H groups in total. The second kappa shape index (κ2) is 5.30. The quantitative estimate of drug-likeness (QED) is 0.849. The molecule has 0 spiro atoms. The number of piperidine rings is 1. The van der Waals surface area contributed by atoms with Crippen molar-refractivity contribution in [3.8, 4) is 5.75 Å². The molecule has 1 heterocycles. The van der Waals surface area contributed by atoms with Crippen LogP contribution in [0.2, 0.25) is 0 Å². The van der Waals surface area contributed by atoms with Crippen LogP contribution in [-0.4, -0.2) is 40.1 Å². The van der Waals surface area contributed by atoms with E-state index in [1.54, 1.807) is 18.2 Å². The Balaban J connectivity index is 2.19. The smallest absolute Gasteiger partial charge is 0.308 e. The third-order valence-corrected chi connectivity index (χ3v) is 3.43. The molecule has 1 aromatic carbocycles. The van der Waals surface area contributed by atoms with Gasteiger partial charge in [-0.15, -0.1) is 0 Å². The lowest BCUT2D eigenvalue weighted by atomic mass is 9.90. The van der Waals surface area contributed by atoms with Crippen LogP contribution >= 0.6 is 0 Å². The molecule has 0 saturated carbocycles. The first-order valence-electron chi connectivity index (χ1n) is 6.29. The van der Waals surface area contributed by atoms with Gasteiger partial charge in [0.05, 0.1) is 11.5 Å². The molecule has 5 heteroatoms. The molecule has 1 saturated heterocycles. The third kappa shape index (κ3) is 2.86. The van der Waals surface area contributed by atoms with E-state index in [0.717, 1.165) is 0 Å². The number of likely N-dealkylation sites (tertiary alicyclic amines) is 1. The van der Waals surface area contributed by atoms with E-state index in [1.165, 1.54) is 11.0 Å². The minimum Gasteiger partial charge on any atom is -0.507 e. The van der Waals surface area contributed by atoms with Crippen LogP contribution in [0.5, 0.6) is 5.75 Å². The van der Waals surface area contributed by atoms with E-state index >= 15 is 0 Å². The van der Waals surface area contributed by atoms with Gasteiger partial charge in [-0.3, -0.25) is 9.59 Å². The van der Waals surface area contributed by atoms with E-state index < -0.39 is 11.9 Å². The van der Waals surface area contributed by atoms with Gasteiger partial charge < -0.3 is 15.1 Å². The fourth-order valence-corrected chi connectivity index (χ4v) is 2.52. The summed E-state index contributed by atoms with van der Waals surface area (Å²) in [5, 5.41) is 18.8. The molecule has 2 atom stereocenters. The Bertz CT molecular complexity index is 500. The molecule has 1 amide bonds. The summed E-state index contributed by atoms with van der Waals surface area (Å²) in [5.74, 6) is -1.64. The molecule has 102 valence electrons. The van der Waals surface area contributed by atoms with Crippen molar-refractivity contribution in [2.45, 2.75) is 13.3 Å². The van der Waals surface area contributed by atoms with Gasteiger partial charge in [0, 0.05) is 13.1 Å². The number of nitrogens with zero attached hydrogens (tertiary/aromatic N) is 1. The minimum absolute atomic E-state index is 0.0717. The Morgan fingerprint density at radius 2 is 1.95 bits per heavy atom. The predicted molar refractivity (Wildman–Crippen MR) is 68.9 cm³/mol. The van der Waals surface area contributed by atoms with E-state index in [9.17, 15) is 14.7 Å². The summed E-state index contributed by atoms with van der Waals surface area (Å²) in [5.41, 5.74) is 0.223. The summed E-state index contributed by atoms with van der Waals surface area (Å²) in [6.45, 7) is 2.66. The zero-order valence-electron chi connectivity index (χ0n) is 10.7. The number of aromatic hydroxyl groups is 1. The summed E-state index contributed by atoms with van der Waals surface area (Å²) in [6.07, 6.45) is 0.583. The second-order valence-electron chi connectivity index (χ2n) is 5.10. The number of carboxylic acid groups (broad SMARTS) is 1. The summed E-state index contributed by atoms with van der Waals surface area (Å²) in [7, 11) is 0. The number of benzene rings is 1. The summed E-state index contributed by atoms with van der Waals surface area (Å²) >= 11 is 0. The van der Waals surface area contributed by atoms with Crippen molar-refractivity contribution in [2.24, 2.45) is 11.8 Å². The molecule has 2 unspecified atom stereocenters. The first kappa shape index (κ1) is 13.4. The molecule has 1 aliphatic rings. The van der Waals surface area contributed by atoms with Gasteiger partial charge >= 0.3 is 5.97 Å². The number of hydrogen-bond acceptors (Lipinski definition) is 3. The topological polar surface area (TPSA) is 77.8 Å². The molecule has 0 aliphatic carbocycles. The van der Waals surface area contributed by atoms with Crippen LogP contribution in [0.3, 0.4) is 0 Å². The zero-order chi connectivity index (χ0) is 14.0. The Labute approximate surface area is 111 Å². The van der Waals surface area contributed by atoms with Gasteiger partial charge in [0.15, 0.2) is 0 Å². The van der Waals surface area contributed by atoms with E-state index in [1.807, 2.05) is 6.92 Å². The second-order valence-corrected chi connectivity index (χ2v) is 5.10. The number of hydrogen-bond donors (Lipinski definition) is 2. The zero-order valence-corrected chi connectivity index (χ0v) is 10.7. The first-order valence-corrected chi connectivity index (χ1v) is 6.29. The maximum Gasteiger partial charge on any atom is 0.308 e. The van der Waals surface area contributed by atoms with Crippen LogP contribution in [0.1, 0.15) is 23.7 Å². The molecule has 19 heavy (non-hydrogen) atoms. The average molecular weight is 263 g/mol. The molecule has 1 aromatic rings. The highest BCUT2D eigenvalue weighted by Crippen LogP contribution is 2.25. The lowest BCUT2D eigenvalue weighted by Crippen LogP contribution is -2.45. The van der Waals surface area contributed by atoms with E-state index in [2.05, 4.69) is 0 Å². The number of rotatable bonds is 2. The van der Waals surface area contributed by atoms with Gasteiger partial charge in [-0.25, -0.2) is 0 Å². The van der Waals surface area contributed by atoms with E-state index in [-0.39, 0.29) is 29.7 Å². The fourth-order valence-electron chi connectivity index (χ4n) is 2.52. The monoisotopic (exact) mass is 263 g/mol. The maximum atomic E-state index is 12.3. The van der Waals surface area contributed by atoms with Crippen molar-refractivity contribution in [3.05, 3.63) is 29.8 Å². The van der Waals surface area contributed by atoms with Crippen LogP contribution < -0.4 is 0 Å². The Hall–Kier alpha value is -2.04. The van der Waals surface area contributed by atoms with Crippen molar-refractivity contribution in [2.75, 3.05) is 13.1 Å². The van der Waals surface area contributed by atoms with E-state index in [0.29, 0.717) is 13.0 Å². The van der Waals surface area contributed by atoms with Crippen molar-refractivity contribution in [1.29, 1.82) is 0 Å². The molecule has 1 aliphatic heterocycles. The molecule has 5 nitrogen and oxygen atoms in total. The van der Waals surface area contributed by atoms with Gasteiger partial charge in [0.1, 0.15) is 5.75 Å². The first-order chi connectivity index (χ1) is 8.99. The molecule has 1 fully saturated rings. The fraction of sp³-hybridized carbons (Fsp3) is 0.429. The highest BCUT2D eigenvalue weighted by Gasteiger charge is 2.32. The van der Waals surface area contributed by atoms with Crippen LogP contribution in [0.25, 0.3) is 0 Å². The van der Waals surface area contributed by atoms with Gasteiger partial charge in [-0.05, 0) is 24.5 Å². The number of carbonyl (C=O) groups is 2. The predicted octanol–water partition coefficient (Wildman–Crippen LogP) is 1.57. The Morgan fingerprint density at radius 1 is 1.26 bits per heavy atom. The van der Waals surface area contributed by atoms with Gasteiger partial charge in [0.25, 0.3) is 5.91 Å². The number of phenols is 1. The van der Waals surface area contributed by atoms with Crippen LogP contribution in [0, 0.1) is 11.8 Å². The number of carbonyl (C=O) groups excluding carboxylic acids is 1. The third-order valence-electron chi connectivity index (χ3n) is 3.43. The van der Waals surface area contributed by atoms with Crippen LogP contribution in [0.4, 0.5) is 0 Å². The largest absolute Gasteiger partial charge is 0.507 e. The maximum absolute atomic E-state index is 12.3. The lowest BCUT2D eigenvalue weighted by Gasteiger charge is -2.34. The van der Waals surface area contributed by atoms with E-state index in [4.69, 9.17) is 5.11 Å². The standard InChI is InChI=1S/C14H17NO4/c1-9-6-10(14(18)19)8-15(7-9)13(17)11-4-2-3-5-12(11)16/h2-5,9-10,16H,6-8H2,1H3,(H,18,19). The van der Waals surface area contributed by atoms with Crippen molar-refractivity contribution >= 4 is 11.9 Å². The molecular formula is C14H17NO4. The molecule has 2 rings (SSSR count). The highest BCUT2D eigenvalue weighted by molar-refractivity contribution is 5.97. The number of para-hydroxylation sites is 1. The van der Waals surface area contributed by atoms with Crippen LogP contribution in [0.15, 0.2) is 24.3 Å². The molecule has 0 bridgehead atoms. The normalized spacial score (nSPS) is 23.1. The van der Waals surface area contributed by atoms with Gasteiger partial charge in [0.2, 0.25) is 0 Å². The van der Waals surface area contributed by atoms with Gasteiger partial charge in [-0.1, -0.05) is 19.1 Å². The number of amides is 1. The molecule has 0 aromatic heterocycles. The minimum atomic E-state index is -0.873. The summed E-state index contributed by atoms with van der Waals surface area (Å²) in [6, 6.07) is 6.32. The Kier molecular flexibility index (Phi) is 3.74. The van der Waals surface area contributed by atoms with Gasteiger partial charge in [-0.2, -0.15) is 0 Å². The average Bonchev–Trinajstić information content (AvgIpc) is 2.37. The van der Waals surface area contributed by atoms with Crippen LogP contribution in [-0.2, 0) is 4.79 Å². The van der Waals surface area contributed by atoms with Crippen molar-refractivity contribution in [1.82, 2.24) is 4.90 Å². The summed E-state index contributed by atoms with van der Waals surface area (Å²) in [4.78, 5) is 24.9. The van der Waals surface area contributed by atoms with Crippen molar-refractivity contribution in [3.63, 3.8) is 0 Å².